The van der Waals surface area contributed by atoms with Crippen LogP contribution in [0.15, 0.2) is 58.9 Å². The molecule has 0 saturated carbocycles. The molecule has 0 amide bonds. The molecule has 2 heterocycles. The minimum absolute atomic E-state index is 0.0505. The maximum absolute atomic E-state index is 10.5. The molecule has 4 rings (SSSR count). The molecule has 4 aromatic rings. The Morgan fingerprint density at radius 3 is 2.32 bits per heavy atom. The summed E-state index contributed by atoms with van der Waals surface area (Å²) in [5, 5.41) is 33.8. The predicted molar refractivity (Wildman–Crippen MR) is 134 cm³/mol. The number of halogens is 1. The number of rotatable bonds is 7. The molecule has 0 bridgehead atoms. The zero-order valence-electron chi connectivity index (χ0n) is 17.7. The third kappa shape index (κ3) is 5.00. The van der Waals surface area contributed by atoms with E-state index in [1.54, 1.807) is 24.3 Å². The number of pyridine rings is 1. The lowest BCUT2D eigenvalue weighted by Gasteiger charge is -2.12. The van der Waals surface area contributed by atoms with Crippen LogP contribution >= 0.6 is 34.7 Å². The third-order valence-electron chi connectivity index (χ3n) is 4.78. The van der Waals surface area contributed by atoms with E-state index in [4.69, 9.17) is 16.3 Å². The molecule has 0 fully saturated rings. The minimum atomic E-state index is -0.419. The van der Waals surface area contributed by atoms with Gasteiger partial charge in [-0.2, -0.15) is 10.5 Å². The first-order valence-electron chi connectivity index (χ1n) is 9.96. The van der Waals surface area contributed by atoms with Crippen molar-refractivity contribution in [1.29, 1.82) is 10.5 Å². The summed E-state index contributed by atoms with van der Waals surface area (Å²) in [6, 6.07) is 18.5. The molecular weight excluding hydrogens is 488 g/mol. The predicted octanol–water partition coefficient (Wildman–Crippen LogP) is 6.48. The van der Waals surface area contributed by atoms with Crippen molar-refractivity contribution >= 4 is 34.7 Å². The average Bonchev–Trinajstić information content (AvgIpc) is 3.32. The molecule has 0 aliphatic heterocycles. The van der Waals surface area contributed by atoms with Crippen molar-refractivity contribution in [2.75, 3.05) is 6.61 Å². The van der Waals surface area contributed by atoms with E-state index >= 15 is 0 Å². The van der Waals surface area contributed by atoms with Gasteiger partial charge in [-0.25, -0.2) is 9.97 Å². The minimum Gasteiger partial charge on any atom is -0.494 e. The van der Waals surface area contributed by atoms with E-state index in [0.717, 1.165) is 16.3 Å². The molecule has 0 saturated heterocycles. The highest BCUT2D eigenvalue weighted by atomic mass is 35.5. The molecule has 9 heteroatoms. The number of thiazole rings is 1. The molecular formula is C25H16ClN4O2S2. The lowest BCUT2D eigenvalue weighted by atomic mass is 9.97. The molecule has 2 aromatic heterocycles. The van der Waals surface area contributed by atoms with Crippen LogP contribution in [0.25, 0.3) is 21.7 Å². The van der Waals surface area contributed by atoms with Gasteiger partial charge in [0.15, 0.2) is 0 Å². The summed E-state index contributed by atoms with van der Waals surface area (Å²) in [4.78, 5) is 8.79. The number of benzene rings is 2. The topological polar surface area (TPSA) is 103 Å². The molecule has 0 aliphatic rings. The summed E-state index contributed by atoms with van der Waals surface area (Å²) in [6.45, 7) is 3.92. The van der Waals surface area contributed by atoms with Gasteiger partial charge in [-0.05, 0) is 36.8 Å². The second-order valence-corrected chi connectivity index (χ2v) is 9.16. The van der Waals surface area contributed by atoms with Gasteiger partial charge in [0.25, 0.3) is 0 Å². The van der Waals surface area contributed by atoms with Crippen molar-refractivity contribution in [2.24, 2.45) is 0 Å². The van der Waals surface area contributed by atoms with Gasteiger partial charge in [0.1, 0.15) is 33.5 Å². The first-order chi connectivity index (χ1) is 16.5. The molecule has 34 heavy (non-hydrogen) atoms. The summed E-state index contributed by atoms with van der Waals surface area (Å²) in [5.74, 6) is 0.633. The lowest BCUT2D eigenvalue weighted by Crippen LogP contribution is -1.98. The highest BCUT2D eigenvalue weighted by Gasteiger charge is 2.22. The van der Waals surface area contributed by atoms with E-state index in [2.05, 4.69) is 23.0 Å². The van der Waals surface area contributed by atoms with Crippen LogP contribution in [0.4, 0.5) is 0 Å². The highest BCUT2D eigenvalue weighted by Crippen LogP contribution is 2.38. The zero-order valence-corrected chi connectivity index (χ0v) is 20.0. The number of nitrogens with zero attached hydrogens (tertiary/aromatic N) is 4. The van der Waals surface area contributed by atoms with Crippen LogP contribution in [0.3, 0.4) is 0 Å². The van der Waals surface area contributed by atoms with Gasteiger partial charge in [-0.3, -0.25) is 0 Å². The molecule has 0 atom stereocenters. The van der Waals surface area contributed by atoms with Crippen LogP contribution in [0.5, 0.6) is 11.6 Å². The highest BCUT2D eigenvalue weighted by molar-refractivity contribution is 7.98. The van der Waals surface area contributed by atoms with Gasteiger partial charge in [0.2, 0.25) is 5.88 Å². The van der Waals surface area contributed by atoms with E-state index in [1.807, 2.05) is 35.7 Å². The number of aromatic hydroxyl groups is 1. The first-order valence-corrected chi connectivity index (χ1v) is 12.2. The van der Waals surface area contributed by atoms with Gasteiger partial charge >= 0.3 is 0 Å². The van der Waals surface area contributed by atoms with Crippen LogP contribution in [0, 0.1) is 29.6 Å². The van der Waals surface area contributed by atoms with Crippen molar-refractivity contribution < 1.29 is 9.84 Å². The number of aromatic nitrogens is 2. The maximum Gasteiger partial charge on any atom is 0.230 e. The van der Waals surface area contributed by atoms with Crippen molar-refractivity contribution in [3.8, 4) is 45.5 Å². The van der Waals surface area contributed by atoms with E-state index < -0.39 is 5.88 Å². The van der Waals surface area contributed by atoms with Crippen molar-refractivity contribution in [3.05, 3.63) is 82.7 Å². The van der Waals surface area contributed by atoms with Crippen molar-refractivity contribution in [1.82, 2.24) is 9.97 Å². The summed E-state index contributed by atoms with van der Waals surface area (Å²) < 4.78 is 5.37. The Hall–Kier alpha value is -3.56. The third-order valence-corrected chi connectivity index (χ3v) is 6.98. The smallest absolute Gasteiger partial charge is 0.230 e. The second-order valence-electron chi connectivity index (χ2n) is 6.90. The largest absolute Gasteiger partial charge is 0.494 e. The Balaban J connectivity index is 1.65. The van der Waals surface area contributed by atoms with Gasteiger partial charge in [0.05, 0.1) is 17.9 Å². The maximum atomic E-state index is 10.5. The van der Waals surface area contributed by atoms with Gasteiger partial charge in [-0.1, -0.05) is 47.6 Å². The summed E-state index contributed by atoms with van der Waals surface area (Å²) >= 11 is 8.74. The number of nitriles is 2. The Morgan fingerprint density at radius 1 is 1.00 bits per heavy atom. The summed E-state index contributed by atoms with van der Waals surface area (Å²) in [6.07, 6.45) is 0. The fourth-order valence-corrected chi connectivity index (χ4v) is 5.16. The fourth-order valence-electron chi connectivity index (χ4n) is 3.23. The van der Waals surface area contributed by atoms with E-state index in [9.17, 15) is 15.6 Å². The standard InChI is InChI=1S/C25H16ClN4O2S2/c1-2-32-19-9-5-15(6-10-19)22-20(11-27)23(31)30-25(21(22)12-28)34-14-18-13-33-24(29-18)16-3-7-17(26)8-4-16/h3-10,13H,1-2,14H2,(H,30,31). The van der Waals surface area contributed by atoms with E-state index in [-0.39, 0.29) is 17.7 Å². The quantitative estimate of drug-likeness (QED) is 0.288. The molecule has 2 aromatic carbocycles. The van der Waals surface area contributed by atoms with Gasteiger partial charge < -0.3 is 9.84 Å². The monoisotopic (exact) mass is 503 g/mol. The number of hydrogen-bond donors (Lipinski definition) is 1. The van der Waals surface area contributed by atoms with Crippen LogP contribution in [-0.2, 0) is 5.75 Å². The Morgan fingerprint density at radius 2 is 1.68 bits per heavy atom. The SMILES string of the molecule is [CH2]COc1ccc(-c2c(C#N)c(O)nc(SCc3csc(-c4ccc(Cl)cc4)n3)c2C#N)cc1. The molecule has 167 valence electrons. The fraction of sp³-hybridized carbons (Fsp3) is 0.0800. The van der Waals surface area contributed by atoms with Gasteiger partial charge in [0, 0.05) is 27.3 Å². The van der Waals surface area contributed by atoms with Crippen LogP contribution in [0.2, 0.25) is 5.02 Å². The molecule has 0 unspecified atom stereocenters. The second kappa shape index (κ2) is 10.6. The van der Waals surface area contributed by atoms with Crippen molar-refractivity contribution in [3.63, 3.8) is 0 Å². The molecule has 6 nitrogen and oxygen atoms in total. The van der Waals surface area contributed by atoms with Crippen LogP contribution in [-0.4, -0.2) is 21.7 Å². The normalized spacial score (nSPS) is 10.5. The number of hydrogen-bond acceptors (Lipinski definition) is 8. The van der Waals surface area contributed by atoms with E-state index in [0.29, 0.717) is 32.7 Å². The number of ether oxygens (including phenoxy) is 1. The summed E-state index contributed by atoms with van der Waals surface area (Å²) in [5.41, 5.74) is 2.88. The Labute approximate surface area is 210 Å². The molecule has 1 radical (unpaired) electrons. The van der Waals surface area contributed by atoms with Crippen LogP contribution in [0.1, 0.15) is 16.8 Å². The Kier molecular flexibility index (Phi) is 7.34. The van der Waals surface area contributed by atoms with E-state index in [1.165, 1.54) is 23.1 Å². The first kappa shape index (κ1) is 23.6. The summed E-state index contributed by atoms with van der Waals surface area (Å²) in [7, 11) is 0. The number of thioether (sulfide) groups is 1. The molecule has 0 aliphatic carbocycles. The Bertz CT molecular complexity index is 1410. The van der Waals surface area contributed by atoms with Crippen molar-refractivity contribution in [2.45, 2.75) is 10.8 Å². The van der Waals surface area contributed by atoms with Gasteiger partial charge in [-0.15, -0.1) is 11.3 Å². The van der Waals surface area contributed by atoms with Crippen LogP contribution < -0.4 is 4.74 Å². The molecule has 1 N–H and O–H groups in total. The lowest BCUT2D eigenvalue weighted by molar-refractivity contribution is 0.361. The average molecular weight is 504 g/mol. The molecule has 0 spiro atoms. The zero-order chi connectivity index (χ0) is 24.1.